The van der Waals surface area contributed by atoms with E-state index < -0.39 is 0 Å². The van der Waals surface area contributed by atoms with Crippen molar-refractivity contribution in [3.05, 3.63) is 75.4 Å². The summed E-state index contributed by atoms with van der Waals surface area (Å²) in [4.78, 5) is 21.3. The van der Waals surface area contributed by atoms with Crippen LogP contribution in [0.5, 0.6) is 0 Å². The maximum absolute atomic E-state index is 12.3. The van der Waals surface area contributed by atoms with E-state index in [0.29, 0.717) is 21.6 Å². The Hall–Kier alpha value is -3.10. The van der Waals surface area contributed by atoms with Crippen LogP contribution in [-0.4, -0.2) is 26.7 Å². The first-order valence-corrected chi connectivity index (χ1v) is 10.7. The number of halogens is 1. The topological polar surface area (TPSA) is 85.8 Å². The molecule has 0 atom stereocenters. The maximum atomic E-state index is 12.3. The van der Waals surface area contributed by atoms with Crippen LogP contribution in [-0.2, 0) is 6.54 Å². The van der Waals surface area contributed by atoms with Gasteiger partial charge in [0.1, 0.15) is 11.4 Å². The Morgan fingerprint density at radius 2 is 1.81 bits per heavy atom. The predicted octanol–water partition coefficient (Wildman–Crippen LogP) is 4.69. The second-order valence-electron chi connectivity index (χ2n) is 7.48. The zero-order valence-corrected chi connectivity index (χ0v) is 19.0. The molecule has 3 heterocycles. The van der Waals surface area contributed by atoms with Gasteiger partial charge in [0.05, 0.1) is 22.6 Å². The molecule has 0 spiro atoms. The largest absolute Gasteiger partial charge is 0.354 e. The molecular weight excluding hydrogens is 458 g/mol. The minimum absolute atomic E-state index is 0.0243. The molecule has 1 aromatic carbocycles. The van der Waals surface area contributed by atoms with Crippen molar-refractivity contribution < 1.29 is 4.52 Å². The van der Waals surface area contributed by atoms with Crippen LogP contribution in [0.15, 0.2) is 68.8 Å². The second-order valence-corrected chi connectivity index (χ2v) is 8.33. The normalized spacial score (nSPS) is 11.3. The van der Waals surface area contributed by atoms with Gasteiger partial charge in [-0.3, -0.25) is 9.78 Å². The summed E-state index contributed by atoms with van der Waals surface area (Å²) in [6.45, 7) is 4.73. The third-order valence-corrected chi connectivity index (χ3v) is 5.45. The highest BCUT2D eigenvalue weighted by Gasteiger charge is 2.14. The minimum atomic E-state index is -0.0801. The quantitative estimate of drug-likeness (QED) is 0.431. The third kappa shape index (κ3) is 4.50. The molecule has 1 N–H and O–H groups in total. The van der Waals surface area contributed by atoms with Gasteiger partial charge in [-0.15, -0.1) is 0 Å². The van der Waals surface area contributed by atoms with E-state index >= 15 is 0 Å². The summed E-state index contributed by atoms with van der Waals surface area (Å²) >= 11 is 3.36. The van der Waals surface area contributed by atoms with E-state index in [1.165, 1.54) is 5.56 Å². The van der Waals surface area contributed by atoms with Gasteiger partial charge in [-0.25, -0.2) is 4.98 Å². The summed E-state index contributed by atoms with van der Waals surface area (Å²) in [5, 5.41) is 7.33. The van der Waals surface area contributed by atoms with Crippen molar-refractivity contribution in [2.45, 2.75) is 26.4 Å². The van der Waals surface area contributed by atoms with Crippen LogP contribution in [0, 0.1) is 0 Å². The van der Waals surface area contributed by atoms with E-state index in [4.69, 9.17) is 4.52 Å². The molecule has 0 saturated heterocycles. The Bertz CT molecular complexity index is 1260. The lowest BCUT2D eigenvalue weighted by Gasteiger charge is -2.12. The van der Waals surface area contributed by atoms with Crippen LogP contribution in [0.25, 0.3) is 34.0 Å². The Morgan fingerprint density at radius 1 is 1.06 bits per heavy atom. The molecule has 0 radical (unpaired) electrons. The summed E-state index contributed by atoms with van der Waals surface area (Å²) in [6, 6.07) is 11.8. The molecule has 3 aromatic heterocycles. The van der Waals surface area contributed by atoms with Gasteiger partial charge >= 0.3 is 0 Å². The Kier molecular flexibility index (Phi) is 6.11. The number of benzene rings is 1. The highest BCUT2D eigenvalue weighted by atomic mass is 79.9. The maximum Gasteiger partial charge on any atom is 0.265 e. The van der Waals surface area contributed by atoms with Crippen molar-refractivity contribution in [2.75, 3.05) is 7.05 Å². The van der Waals surface area contributed by atoms with Crippen molar-refractivity contribution >= 4 is 15.9 Å². The first-order chi connectivity index (χ1) is 15.0. The molecule has 0 amide bonds. The lowest BCUT2D eigenvalue weighted by atomic mass is 10.1. The van der Waals surface area contributed by atoms with Gasteiger partial charge in [-0.2, -0.15) is 0 Å². The fourth-order valence-electron chi connectivity index (χ4n) is 3.24. The molecule has 7 nitrogen and oxygen atoms in total. The SMILES string of the molecule is CNCc1ccc(-c2cc(-c3cncc(-c4cc(Br)c(=O)n(C(C)C)c4)n3)on2)cc1. The highest BCUT2D eigenvalue weighted by molar-refractivity contribution is 9.10. The lowest BCUT2D eigenvalue weighted by Crippen LogP contribution is -2.22. The first-order valence-electron chi connectivity index (χ1n) is 9.91. The van der Waals surface area contributed by atoms with Crippen molar-refractivity contribution in [2.24, 2.45) is 0 Å². The molecule has 158 valence electrons. The monoisotopic (exact) mass is 479 g/mol. The van der Waals surface area contributed by atoms with Gasteiger partial charge in [0.2, 0.25) is 0 Å². The van der Waals surface area contributed by atoms with Crippen molar-refractivity contribution in [3.63, 3.8) is 0 Å². The number of nitrogens with one attached hydrogen (secondary N) is 1. The number of aromatic nitrogens is 4. The van der Waals surface area contributed by atoms with E-state index in [1.54, 1.807) is 29.2 Å². The van der Waals surface area contributed by atoms with E-state index in [1.807, 2.05) is 39.1 Å². The number of nitrogens with zero attached hydrogens (tertiary/aromatic N) is 4. The van der Waals surface area contributed by atoms with E-state index in [-0.39, 0.29) is 11.6 Å². The molecule has 0 fully saturated rings. The fraction of sp³-hybridized carbons (Fsp3) is 0.217. The smallest absolute Gasteiger partial charge is 0.265 e. The van der Waals surface area contributed by atoms with E-state index in [9.17, 15) is 4.79 Å². The average Bonchev–Trinajstić information content (AvgIpc) is 3.26. The van der Waals surface area contributed by atoms with Crippen LogP contribution < -0.4 is 10.9 Å². The van der Waals surface area contributed by atoms with Crippen molar-refractivity contribution in [3.8, 4) is 34.0 Å². The summed E-state index contributed by atoms with van der Waals surface area (Å²) in [6.07, 6.45) is 5.10. The van der Waals surface area contributed by atoms with E-state index in [2.05, 4.69) is 48.5 Å². The van der Waals surface area contributed by atoms with Crippen molar-refractivity contribution in [1.82, 2.24) is 25.0 Å². The van der Waals surface area contributed by atoms with Crippen molar-refractivity contribution in [1.29, 1.82) is 0 Å². The van der Waals surface area contributed by atoms with Gasteiger partial charge in [0.15, 0.2) is 5.76 Å². The predicted molar refractivity (Wildman–Crippen MR) is 124 cm³/mol. The van der Waals surface area contributed by atoms with Crippen LogP contribution in [0.3, 0.4) is 0 Å². The zero-order valence-electron chi connectivity index (χ0n) is 17.5. The van der Waals surface area contributed by atoms with Gasteiger partial charge in [0, 0.05) is 36.0 Å². The Balaban J connectivity index is 1.66. The highest BCUT2D eigenvalue weighted by Crippen LogP contribution is 2.27. The molecule has 0 aliphatic rings. The summed E-state index contributed by atoms with van der Waals surface area (Å²) in [5.74, 6) is 0.528. The Morgan fingerprint density at radius 3 is 2.52 bits per heavy atom. The molecule has 31 heavy (non-hydrogen) atoms. The number of hydrogen-bond donors (Lipinski definition) is 1. The molecule has 0 saturated carbocycles. The summed E-state index contributed by atoms with van der Waals surface area (Å²) in [7, 11) is 1.92. The number of pyridine rings is 1. The van der Waals surface area contributed by atoms with Gasteiger partial charge in [-0.1, -0.05) is 29.4 Å². The van der Waals surface area contributed by atoms with Crippen LogP contribution in [0.2, 0.25) is 0 Å². The molecule has 0 aliphatic heterocycles. The van der Waals surface area contributed by atoms with Gasteiger partial charge < -0.3 is 14.4 Å². The van der Waals surface area contributed by atoms with E-state index in [0.717, 1.165) is 23.4 Å². The van der Waals surface area contributed by atoms with Gasteiger partial charge in [0.25, 0.3) is 5.56 Å². The van der Waals surface area contributed by atoms with Crippen LogP contribution in [0.4, 0.5) is 0 Å². The number of hydrogen-bond acceptors (Lipinski definition) is 6. The van der Waals surface area contributed by atoms with Crippen LogP contribution in [0.1, 0.15) is 25.5 Å². The molecular formula is C23H22BrN5O2. The second kappa shape index (κ2) is 8.95. The standard InChI is InChI=1S/C23H22BrN5O2/c1-14(2)29-13-17(8-18(24)23(29)30)20-11-26-12-21(27-20)22-9-19(28-31-22)16-6-4-15(5-7-16)10-25-3/h4-9,11-14,25H,10H2,1-3H3. The fourth-order valence-corrected chi connectivity index (χ4v) is 3.70. The number of rotatable bonds is 6. The molecule has 0 bridgehead atoms. The minimum Gasteiger partial charge on any atom is -0.354 e. The lowest BCUT2D eigenvalue weighted by molar-refractivity contribution is 0.433. The van der Waals surface area contributed by atoms with Gasteiger partial charge in [-0.05, 0) is 48.5 Å². The first kappa shape index (κ1) is 21.1. The third-order valence-electron chi connectivity index (χ3n) is 4.88. The summed E-state index contributed by atoms with van der Waals surface area (Å²) < 4.78 is 7.70. The molecule has 0 unspecified atom stereocenters. The van der Waals surface area contributed by atoms with Crippen LogP contribution >= 0.6 is 15.9 Å². The molecule has 0 aliphatic carbocycles. The Labute approximate surface area is 188 Å². The average molecular weight is 480 g/mol. The molecule has 4 aromatic rings. The summed E-state index contributed by atoms with van der Waals surface area (Å²) in [5.41, 5.74) is 4.81. The zero-order chi connectivity index (χ0) is 22.0. The molecule has 8 heteroatoms. The molecule has 4 rings (SSSR count).